The van der Waals surface area contributed by atoms with Crippen molar-refractivity contribution >= 4 is 5.69 Å². The fourth-order valence-electron chi connectivity index (χ4n) is 2.97. The van der Waals surface area contributed by atoms with Gasteiger partial charge >= 0.3 is 0 Å². The van der Waals surface area contributed by atoms with E-state index in [0.717, 1.165) is 19.6 Å². The van der Waals surface area contributed by atoms with Crippen LogP contribution in [-0.2, 0) is 0 Å². The fourth-order valence-corrected chi connectivity index (χ4v) is 2.97. The summed E-state index contributed by atoms with van der Waals surface area (Å²) in [6, 6.07) is 9.86. The first-order chi connectivity index (χ1) is 9.60. The summed E-state index contributed by atoms with van der Waals surface area (Å²) in [6.07, 6.45) is 2.47. The molecule has 1 aliphatic heterocycles. The molecule has 1 aliphatic rings. The van der Waals surface area contributed by atoms with Crippen molar-refractivity contribution in [1.29, 1.82) is 0 Å². The number of benzene rings is 1. The number of rotatable bonds is 3. The minimum Gasteiger partial charge on any atom is -0.371 e. The van der Waals surface area contributed by atoms with Gasteiger partial charge < -0.3 is 10.2 Å². The van der Waals surface area contributed by atoms with Crippen LogP contribution < -0.4 is 10.2 Å². The molecule has 1 aromatic rings. The van der Waals surface area contributed by atoms with Crippen LogP contribution in [0.25, 0.3) is 0 Å². The minimum absolute atomic E-state index is 0.615. The first-order valence-corrected chi connectivity index (χ1v) is 8.18. The number of hydrogen-bond donors (Lipinski definition) is 1. The van der Waals surface area contributed by atoms with Gasteiger partial charge in [-0.15, -0.1) is 0 Å². The van der Waals surface area contributed by atoms with Crippen LogP contribution in [0, 0.1) is 5.92 Å². The van der Waals surface area contributed by atoms with Crippen LogP contribution in [0.4, 0.5) is 5.69 Å². The highest BCUT2D eigenvalue weighted by Gasteiger charge is 2.18. The molecule has 112 valence electrons. The van der Waals surface area contributed by atoms with Crippen molar-refractivity contribution in [3.05, 3.63) is 29.8 Å². The SMILES string of the molecule is CCC1CCN(c2ccc(C(C)C)cc2)CC(C)CN1. The highest BCUT2D eigenvalue weighted by atomic mass is 15.1. The average Bonchev–Trinajstić information content (AvgIpc) is 2.43. The van der Waals surface area contributed by atoms with Gasteiger partial charge in [0.2, 0.25) is 0 Å². The van der Waals surface area contributed by atoms with E-state index in [2.05, 4.69) is 62.2 Å². The zero-order chi connectivity index (χ0) is 14.5. The molecule has 0 radical (unpaired) electrons. The van der Waals surface area contributed by atoms with E-state index >= 15 is 0 Å². The molecule has 0 amide bonds. The van der Waals surface area contributed by atoms with Gasteiger partial charge in [0.1, 0.15) is 0 Å². The van der Waals surface area contributed by atoms with Crippen LogP contribution in [0.1, 0.15) is 52.0 Å². The van der Waals surface area contributed by atoms with E-state index in [0.29, 0.717) is 17.9 Å². The van der Waals surface area contributed by atoms with Gasteiger partial charge in [-0.25, -0.2) is 0 Å². The standard InChI is InChI=1S/C18H30N2/c1-5-17-10-11-20(13-15(4)12-19-17)18-8-6-16(7-9-18)14(2)3/h6-9,14-15,17,19H,5,10-13H2,1-4H3. The number of nitrogens with zero attached hydrogens (tertiary/aromatic N) is 1. The molecule has 0 aliphatic carbocycles. The second-order valence-electron chi connectivity index (χ2n) is 6.60. The highest BCUT2D eigenvalue weighted by Crippen LogP contribution is 2.22. The third-order valence-electron chi connectivity index (χ3n) is 4.45. The summed E-state index contributed by atoms with van der Waals surface area (Å²) in [5, 5.41) is 3.69. The zero-order valence-corrected chi connectivity index (χ0v) is 13.5. The monoisotopic (exact) mass is 274 g/mol. The average molecular weight is 274 g/mol. The Morgan fingerprint density at radius 2 is 1.95 bits per heavy atom. The molecule has 0 bridgehead atoms. The Hall–Kier alpha value is -1.02. The van der Waals surface area contributed by atoms with Gasteiger partial charge in [0.05, 0.1) is 0 Å². The van der Waals surface area contributed by atoms with E-state index in [1.807, 2.05) is 0 Å². The third kappa shape index (κ3) is 3.99. The maximum absolute atomic E-state index is 3.69. The topological polar surface area (TPSA) is 15.3 Å². The summed E-state index contributed by atoms with van der Waals surface area (Å²) in [5.41, 5.74) is 2.82. The Morgan fingerprint density at radius 3 is 2.55 bits per heavy atom. The normalized spacial score (nSPS) is 24.6. The molecule has 1 heterocycles. The molecule has 20 heavy (non-hydrogen) atoms. The molecule has 0 spiro atoms. The molecule has 2 atom stereocenters. The lowest BCUT2D eigenvalue weighted by molar-refractivity contribution is 0.388. The van der Waals surface area contributed by atoms with Crippen LogP contribution in [0.3, 0.4) is 0 Å². The first kappa shape index (κ1) is 15.4. The largest absolute Gasteiger partial charge is 0.371 e. The molecular weight excluding hydrogens is 244 g/mol. The lowest BCUT2D eigenvalue weighted by Crippen LogP contribution is -2.43. The first-order valence-electron chi connectivity index (χ1n) is 8.18. The number of anilines is 1. The molecule has 2 rings (SSSR count). The molecule has 2 nitrogen and oxygen atoms in total. The second kappa shape index (κ2) is 7.12. The third-order valence-corrected chi connectivity index (χ3v) is 4.45. The van der Waals surface area contributed by atoms with Crippen molar-refractivity contribution in [1.82, 2.24) is 5.32 Å². The van der Waals surface area contributed by atoms with Crippen molar-refractivity contribution in [2.45, 2.75) is 52.5 Å². The van der Waals surface area contributed by atoms with E-state index < -0.39 is 0 Å². The van der Waals surface area contributed by atoms with E-state index in [1.165, 1.54) is 24.1 Å². The molecule has 2 heteroatoms. The van der Waals surface area contributed by atoms with Gasteiger partial charge in [-0.3, -0.25) is 0 Å². The summed E-state index contributed by atoms with van der Waals surface area (Å²) >= 11 is 0. The Balaban J connectivity index is 2.08. The second-order valence-corrected chi connectivity index (χ2v) is 6.60. The summed E-state index contributed by atoms with van der Waals surface area (Å²) < 4.78 is 0. The minimum atomic E-state index is 0.615. The molecular formula is C18H30N2. The van der Waals surface area contributed by atoms with Gasteiger partial charge in [-0.1, -0.05) is 39.8 Å². The summed E-state index contributed by atoms with van der Waals surface area (Å²) in [5.74, 6) is 1.32. The Kier molecular flexibility index (Phi) is 5.47. The van der Waals surface area contributed by atoms with E-state index in [1.54, 1.807) is 0 Å². The maximum Gasteiger partial charge on any atom is 0.0366 e. The van der Waals surface area contributed by atoms with Crippen molar-refractivity contribution in [2.75, 3.05) is 24.5 Å². The Bertz CT molecular complexity index is 396. The van der Waals surface area contributed by atoms with E-state index in [9.17, 15) is 0 Å². The van der Waals surface area contributed by atoms with Crippen LogP contribution >= 0.6 is 0 Å². The van der Waals surface area contributed by atoms with Crippen LogP contribution in [0.5, 0.6) is 0 Å². The van der Waals surface area contributed by atoms with E-state index in [-0.39, 0.29) is 0 Å². The smallest absolute Gasteiger partial charge is 0.0366 e. The quantitative estimate of drug-likeness (QED) is 0.895. The Labute approximate surface area is 124 Å². The van der Waals surface area contributed by atoms with Gasteiger partial charge in [-0.2, -0.15) is 0 Å². The summed E-state index contributed by atoms with van der Waals surface area (Å²) in [6.45, 7) is 12.6. The highest BCUT2D eigenvalue weighted by molar-refractivity contribution is 5.48. The maximum atomic E-state index is 3.69. The zero-order valence-electron chi connectivity index (χ0n) is 13.5. The molecule has 0 saturated carbocycles. The van der Waals surface area contributed by atoms with Crippen LogP contribution in [0.15, 0.2) is 24.3 Å². The molecule has 1 fully saturated rings. The number of hydrogen-bond acceptors (Lipinski definition) is 2. The van der Waals surface area contributed by atoms with E-state index in [4.69, 9.17) is 0 Å². The van der Waals surface area contributed by atoms with Crippen LogP contribution in [0.2, 0.25) is 0 Å². The van der Waals surface area contributed by atoms with Crippen molar-refractivity contribution in [3.63, 3.8) is 0 Å². The van der Waals surface area contributed by atoms with Crippen molar-refractivity contribution in [3.8, 4) is 0 Å². The lowest BCUT2D eigenvalue weighted by atomic mass is 10.0. The van der Waals surface area contributed by atoms with Gasteiger partial charge in [0.15, 0.2) is 0 Å². The van der Waals surface area contributed by atoms with Crippen molar-refractivity contribution in [2.24, 2.45) is 5.92 Å². The predicted octanol–water partition coefficient (Wildman–Crippen LogP) is 4.02. The molecule has 2 unspecified atom stereocenters. The summed E-state index contributed by atoms with van der Waals surface area (Å²) in [7, 11) is 0. The fraction of sp³-hybridized carbons (Fsp3) is 0.667. The van der Waals surface area contributed by atoms with Gasteiger partial charge in [-0.05, 0) is 48.9 Å². The molecule has 1 aromatic carbocycles. The predicted molar refractivity (Wildman–Crippen MR) is 88.6 cm³/mol. The lowest BCUT2D eigenvalue weighted by Gasteiger charge is -2.33. The van der Waals surface area contributed by atoms with Crippen molar-refractivity contribution < 1.29 is 0 Å². The number of nitrogens with one attached hydrogen (secondary N) is 1. The molecule has 1 N–H and O–H groups in total. The van der Waals surface area contributed by atoms with Gasteiger partial charge in [0.25, 0.3) is 0 Å². The molecule has 1 saturated heterocycles. The Morgan fingerprint density at radius 1 is 1.25 bits per heavy atom. The summed E-state index contributed by atoms with van der Waals surface area (Å²) in [4.78, 5) is 2.57. The molecule has 0 aromatic heterocycles. The van der Waals surface area contributed by atoms with Gasteiger partial charge in [0, 0.05) is 24.8 Å². The van der Waals surface area contributed by atoms with Crippen LogP contribution in [-0.4, -0.2) is 25.7 Å².